The number of methoxy groups -OCH3 is 1. The summed E-state index contributed by atoms with van der Waals surface area (Å²) in [4.78, 5) is 32.9. The van der Waals surface area contributed by atoms with Crippen LogP contribution in [0.4, 0.5) is 5.69 Å². The highest BCUT2D eigenvalue weighted by atomic mass is 16.5. The summed E-state index contributed by atoms with van der Waals surface area (Å²) in [6.45, 7) is 6.10. The van der Waals surface area contributed by atoms with Gasteiger partial charge in [0.2, 0.25) is 0 Å². The van der Waals surface area contributed by atoms with Crippen molar-refractivity contribution in [3.8, 4) is 0 Å². The second kappa shape index (κ2) is 10.8. The molecule has 3 aromatic rings. The fourth-order valence-electron chi connectivity index (χ4n) is 3.86. The molecule has 0 aliphatic carbocycles. The lowest BCUT2D eigenvalue weighted by Gasteiger charge is -2.34. The number of carbonyl (C=O) groups excluding carboxylic acids is 2. The zero-order chi connectivity index (χ0) is 23.0. The van der Waals surface area contributed by atoms with Crippen LogP contribution in [0.3, 0.4) is 0 Å². The Hall–Kier alpha value is -3.55. The summed E-state index contributed by atoms with van der Waals surface area (Å²) in [5, 5.41) is 2.84. The number of nitrogens with one attached hydrogen (secondary N) is 1. The molecule has 1 aliphatic heterocycles. The minimum Gasteiger partial charge on any atom is -0.465 e. The number of nitrogens with zero attached hydrogens (tertiary/aromatic N) is 3. The Balaban J connectivity index is 1.25. The van der Waals surface area contributed by atoms with Gasteiger partial charge in [-0.3, -0.25) is 19.6 Å². The van der Waals surface area contributed by atoms with Crippen LogP contribution < -0.4 is 5.32 Å². The molecule has 1 aromatic heterocycles. The van der Waals surface area contributed by atoms with Crippen molar-refractivity contribution in [2.24, 2.45) is 0 Å². The van der Waals surface area contributed by atoms with Crippen molar-refractivity contribution >= 4 is 17.6 Å². The van der Waals surface area contributed by atoms with Crippen molar-refractivity contribution in [1.29, 1.82) is 0 Å². The molecule has 1 fully saturated rings. The molecule has 1 N–H and O–H groups in total. The quantitative estimate of drug-likeness (QED) is 0.563. The van der Waals surface area contributed by atoms with Crippen LogP contribution in [0.5, 0.6) is 0 Å². The van der Waals surface area contributed by atoms with Crippen LogP contribution >= 0.6 is 0 Å². The molecule has 7 heteroatoms. The van der Waals surface area contributed by atoms with Gasteiger partial charge < -0.3 is 10.1 Å². The van der Waals surface area contributed by atoms with E-state index in [0.29, 0.717) is 11.3 Å². The van der Waals surface area contributed by atoms with Crippen LogP contribution in [0.1, 0.15) is 32.0 Å². The van der Waals surface area contributed by atoms with E-state index in [1.54, 1.807) is 0 Å². The number of benzene rings is 2. The van der Waals surface area contributed by atoms with E-state index < -0.39 is 5.97 Å². The molecule has 2 aromatic carbocycles. The van der Waals surface area contributed by atoms with E-state index in [1.807, 2.05) is 24.3 Å². The molecule has 4 rings (SSSR count). The van der Waals surface area contributed by atoms with Crippen LogP contribution in [-0.2, 0) is 17.8 Å². The van der Waals surface area contributed by atoms with Gasteiger partial charge in [0.25, 0.3) is 5.91 Å². The van der Waals surface area contributed by atoms with Gasteiger partial charge in [-0.25, -0.2) is 4.79 Å². The highest BCUT2D eigenvalue weighted by Gasteiger charge is 2.17. The van der Waals surface area contributed by atoms with E-state index in [-0.39, 0.29) is 11.6 Å². The Labute approximate surface area is 194 Å². The molecule has 1 saturated heterocycles. The molecule has 0 saturated carbocycles. The molecular formula is C26H28N4O3. The van der Waals surface area contributed by atoms with Gasteiger partial charge in [0.15, 0.2) is 0 Å². The number of amides is 1. The lowest BCUT2D eigenvalue weighted by molar-refractivity contribution is 0.0600. The number of hydrogen-bond donors (Lipinski definition) is 1. The molecular weight excluding hydrogens is 416 g/mol. The van der Waals surface area contributed by atoms with Gasteiger partial charge in [-0.05, 0) is 35.4 Å². The van der Waals surface area contributed by atoms with Gasteiger partial charge in [-0.15, -0.1) is 0 Å². The molecule has 0 unspecified atom stereocenters. The first-order valence-electron chi connectivity index (χ1n) is 11.0. The van der Waals surface area contributed by atoms with E-state index in [1.165, 1.54) is 36.6 Å². The summed E-state index contributed by atoms with van der Waals surface area (Å²) >= 11 is 0. The summed E-state index contributed by atoms with van der Waals surface area (Å²) in [5.41, 5.74) is 3.82. The number of esters is 1. The third-order valence-electron chi connectivity index (χ3n) is 5.75. The Morgan fingerprint density at radius 1 is 0.848 bits per heavy atom. The molecule has 0 radical (unpaired) electrons. The summed E-state index contributed by atoms with van der Waals surface area (Å²) in [7, 11) is 1.30. The first-order valence-corrected chi connectivity index (χ1v) is 11.0. The average Bonchev–Trinajstić information content (AvgIpc) is 2.86. The Bertz CT molecular complexity index is 1060. The van der Waals surface area contributed by atoms with Gasteiger partial charge in [0.05, 0.1) is 12.7 Å². The maximum Gasteiger partial charge on any atom is 0.339 e. The van der Waals surface area contributed by atoms with Gasteiger partial charge >= 0.3 is 5.97 Å². The van der Waals surface area contributed by atoms with Crippen LogP contribution in [0, 0.1) is 0 Å². The van der Waals surface area contributed by atoms with E-state index in [0.717, 1.165) is 39.3 Å². The van der Waals surface area contributed by atoms with Crippen LogP contribution in [0.25, 0.3) is 0 Å². The van der Waals surface area contributed by atoms with Gasteiger partial charge in [0.1, 0.15) is 5.69 Å². The zero-order valence-electron chi connectivity index (χ0n) is 18.7. The molecule has 1 amide bonds. The monoisotopic (exact) mass is 444 g/mol. The third kappa shape index (κ3) is 6.25. The number of anilines is 1. The molecule has 170 valence electrons. The Morgan fingerprint density at radius 3 is 2.00 bits per heavy atom. The lowest BCUT2D eigenvalue weighted by Crippen LogP contribution is -2.45. The van der Waals surface area contributed by atoms with Crippen LogP contribution in [-0.4, -0.2) is 59.9 Å². The highest BCUT2D eigenvalue weighted by Crippen LogP contribution is 2.15. The van der Waals surface area contributed by atoms with Crippen molar-refractivity contribution in [3.05, 3.63) is 95.3 Å². The van der Waals surface area contributed by atoms with E-state index >= 15 is 0 Å². The Morgan fingerprint density at radius 2 is 1.45 bits per heavy atom. The molecule has 7 nitrogen and oxygen atoms in total. The summed E-state index contributed by atoms with van der Waals surface area (Å²) in [6.07, 6.45) is 1.34. The van der Waals surface area contributed by atoms with Gasteiger partial charge in [-0.1, -0.05) is 42.5 Å². The zero-order valence-corrected chi connectivity index (χ0v) is 18.7. The van der Waals surface area contributed by atoms with Gasteiger partial charge in [0, 0.05) is 51.2 Å². The topological polar surface area (TPSA) is 74.8 Å². The smallest absolute Gasteiger partial charge is 0.339 e. The number of carbonyl (C=O) groups is 2. The minimum atomic E-state index is -0.484. The fraction of sp³-hybridized carbons (Fsp3) is 0.269. The Kier molecular flexibility index (Phi) is 7.44. The summed E-state index contributed by atoms with van der Waals surface area (Å²) in [6, 6.07) is 21.5. The predicted molar refractivity (Wildman–Crippen MR) is 127 cm³/mol. The molecule has 1 aliphatic rings. The lowest BCUT2D eigenvalue weighted by atomic mass is 10.1. The highest BCUT2D eigenvalue weighted by molar-refractivity contribution is 6.03. The second-order valence-corrected chi connectivity index (χ2v) is 8.11. The van der Waals surface area contributed by atoms with Gasteiger partial charge in [-0.2, -0.15) is 0 Å². The van der Waals surface area contributed by atoms with Crippen molar-refractivity contribution in [1.82, 2.24) is 14.8 Å². The first-order chi connectivity index (χ1) is 16.1. The first kappa shape index (κ1) is 22.6. The minimum absolute atomic E-state index is 0.236. The van der Waals surface area contributed by atoms with Crippen LogP contribution in [0.2, 0.25) is 0 Å². The maximum atomic E-state index is 12.4. The number of pyridine rings is 1. The van der Waals surface area contributed by atoms with Crippen molar-refractivity contribution < 1.29 is 14.3 Å². The second-order valence-electron chi connectivity index (χ2n) is 8.11. The van der Waals surface area contributed by atoms with Crippen molar-refractivity contribution in [3.63, 3.8) is 0 Å². The molecule has 0 atom stereocenters. The fourth-order valence-corrected chi connectivity index (χ4v) is 3.86. The summed E-state index contributed by atoms with van der Waals surface area (Å²) in [5.74, 6) is -0.809. The largest absolute Gasteiger partial charge is 0.465 e. The molecule has 33 heavy (non-hydrogen) atoms. The average molecular weight is 445 g/mol. The van der Waals surface area contributed by atoms with Crippen molar-refractivity contribution in [2.75, 3.05) is 38.6 Å². The summed E-state index contributed by atoms with van der Waals surface area (Å²) < 4.78 is 4.64. The molecule has 0 spiro atoms. The number of hydrogen-bond acceptors (Lipinski definition) is 6. The number of aromatic nitrogens is 1. The van der Waals surface area contributed by atoms with E-state index in [4.69, 9.17) is 0 Å². The number of piperazine rings is 1. The molecule has 2 heterocycles. The van der Waals surface area contributed by atoms with E-state index in [2.05, 4.69) is 55.2 Å². The molecule has 0 bridgehead atoms. The number of rotatable bonds is 7. The third-order valence-corrected chi connectivity index (χ3v) is 5.75. The normalized spacial score (nSPS) is 14.6. The van der Waals surface area contributed by atoms with Crippen LogP contribution in [0.15, 0.2) is 72.9 Å². The van der Waals surface area contributed by atoms with E-state index in [9.17, 15) is 9.59 Å². The SMILES string of the molecule is COC(=O)c1ccc(C(=O)Nc2ccc(CN3CCN(Cc4ccccc4)CC3)cc2)nc1. The number of ether oxygens (including phenoxy) is 1. The predicted octanol–water partition coefficient (Wildman–Crippen LogP) is 3.44. The van der Waals surface area contributed by atoms with Crippen molar-refractivity contribution in [2.45, 2.75) is 13.1 Å². The standard InChI is InChI=1S/C26H28N4O3/c1-33-26(32)22-9-12-24(27-17-22)25(31)28-23-10-7-21(8-11-23)19-30-15-13-29(14-16-30)18-20-5-3-2-4-6-20/h2-12,17H,13-16,18-19H2,1H3,(H,28,31). The maximum absolute atomic E-state index is 12.4.